The van der Waals surface area contributed by atoms with Gasteiger partial charge >= 0.3 is 0 Å². The Morgan fingerprint density at radius 3 is 2.92 bits per heavy atom. The van der Waals surface area contributed by atoms with Crippen LogP contribution in [0.3, 0.4) is 0 Å². The minimum atomic E-state index is -0.221. The SMILES string of the molecule is Cc1nc2c(C)c(=O)nccc2[nH]1. The molecular weight excluding hydrogens is 166 g/mol. The van der Waals surface area contributed by atoms with E-state index in [1.807, 2.05) is 6.92 Å². The van der Waals surface area contributed by atoms with Gasteiger partial charge in [0.25, 0.3) is 5.56 Å². The van der Waals surface area contributed by atoms with E-state index in [9.17, 15) is 4.79 Å². The van der Waals surface area contributed by atoms with Crippen LogP contribution in [0.4, 0.5) is 0 Å². The number of aromatic amines is 1. The Bertz CT molecular complexity index is 516. The maximum absolute atomic E-state index is 11.3. The molecule has 0 aliphatic carbocycles. The standard InChI is InChI=1S/C9H9N3O/c1-5-8-7(11-6(2)12-8)3-4-10-9(5)13/h3-4H,1-2H3,(H,11,12). The Morgan fingerprint density at radius 2 is 2.15 bits per heavy atom. The molecule has 0 saturated carbocycles. The fourth-order valence-corrected chi connectivity index (χ4v) is 1.29. The molecule has 2 aromatic rings. The zero-order valence-electron chi connectivity index (χ0n) is 7.46. The van der Waals surface area contributed by atoms with Crippen LogP contribution in [0.25, 0.3) is 11.0 Å². The van der Waals surface area contributed by atoms with Crippen LogP contribution in [0.1, 0.15) is 11.4 Å². The fourth-order valence-electron chi connectivity index (χ4n) is 1.29. The quantitative estimate of drug-likeness (QED) is 0.648. The van der Waals surface area contributed by atoms with E-state index in [1.54, 1.807) is 13.0 Å². The summed E-state index contributed by atoms with van der Waals surface area (Å²) in [5, 5.41) is 0. The third-order valence-electron chi connectivity index (χ3n) is 1.96. The first-order valence-corrected chi connectivity index (χ1v) is 4.01. The molecule has 0 aliphatic heterocycles. The van der Waals surface area contributed by atoms with Gasteiger partial charge in [0.15, 0.2) is 0 Å². The molecule has 13 heavy (non-hydrogen) atoms. The first kappa shape index (κ1) is 7.91. The molecule has 0 fully saturated rings. The third kappa shape index (κ3) is 1.20. The number of imidazole rings is 1. The van der Waals surface area contributed by atoms with Crippen molar-refractivity contribution >= 4 is 11.0 Å². The van der Waals surface area contributed by atoms with Crippen molar-refractivity contribution in [2.45, 2.75) is 13.8 Å². The molecule has 2 heterocycles. The Balaban J connectivity index is 3.04. The molecule has 0 spiro atoms. The van der Waals surface area contributed by atoms with Crippen molar-refractivity contribution in [3.05, 3.63) is 34.0 Å². The predicted molar refractivity (Wildman–Crippen MR) is 49.6 cm³/mol. The second-order valence-corrected chi connectivity index (χ2v) is 2.96. The van der Waals surface area contributed by atoms with Gasteiger partial charge in [-0.3, -0.25) is 4.79 Å². The number of nitrogens with one attached hydrogen (secondary N) is 1. The van der Waals surface area contributed by atoms with E-state index in [2.05, 4.69) is 15.0 Å². The monoisotopic (exact) mass is 175 g/mol. The summed E-state index contributed by atoms with van der Waals surface area (Å²) in [7, 11) is 0. The number of aryl methyl sites for hydroxylation is 2. The van der Waals surface area contributed by atoms with Gasteiger partial charge in [0.1, 0.15) is 5.82 Å². The van der Waals surface area contributed by atoms with E-state index in [-0.39, 0.29) is 5.56 Å². The normalized spacial score (nSPS) is 10.6. The number of H-pyrrole nitrogens is 1. The van der Waals surface area contributed by atoms with Crippen LogP contribution in [-0.2, 0) is 0 Å². The maximum atomic E-state index is 11.3. The molecule has 2 rings (SSSR count). The number of hydrogen-bond donors (Lipinski definition) is 1. The van der Waals surface area contributed by atoms with Gasteiger partial charge in [-0.2, -0.15) is 0 Å². The highest BCUT2D eigenvalue weighted by molar-refractivity contribution is 5.76. The van der Waals surface area contributed by atoms with E-state index >= 15 is 0 Å². The Morgan fingerprint density at radius 1 is 1.38 bits per heavy atom. The minimum Gasteiger partial charge on any atom is -0.342 e. The molecule has 4 heteroatoms. The average Bonchev–Trinajstić information content (AvgIpc) is 2.40. The molecule has 1 N–H and O–H groups in total. The summed E-state index contributed by atoms with van der Waals surface area (Å²) in [5.74, 6) is 0.809. The summed E-state index contributed by atoms with van der Waals surface area (Å²) in [6.07, 6.45) is 1.50. The highest BCUT2D eigenvalue weighted by atomic mass is 16.1. The van der Waals surface area contributed by atoms with Gasteiger partial charge in [0.2, 0.25) is 0 Å². The van der Waals surface area contributed by atoms with Crippen molar-refractivity contribution in [2.75, 3.05) is 0 Å². The van der Waals surface area contributed by atoms with Gasteiger partial charge < -0.3 is 4.98 Å². The lowest BCUT2D eigenvalue weighted by atomic mass is 10.3. The number of fused-ring (bicyclic) bond motifs is 1. The summed E-state index contributed by atoms with van der Waals surface area (Å²) >= 11 is 0. The van der Waals surface area contributed by atoms with E-state index in [4.69, 9.17) is 0 Å². The lowest BCUT2D eigenvalue weighted by Crippen LogP contribution is -2.04. The molecule has 0 radical (unpaired) electrons. The Hall–Kier alpha value is -1.71. The Kier molecular flexibility index (Phi) is 1.62. The van der Waals surface area contributed by atoms with E-state index in [1.165, 1.54) is 6.20 Å². The molecule has 0 amide bonds. The number of nitrogens with zero attached hydrogens (tertiary/aromatic N) is 2. The van der Waals surface area contributed by atoms with Gasteiger partial charge in [-0.25, -0.2) is 9.97 Å². The van der Waals surface area contributed by atoms with Crippen LogP contribution in [0.15, 0.2) is 17.1 Å². The smallest absolute Gasteiger partial charge is 0.274 e. The molecule has 0 atom stereocenters. The lowest BCUT2D eigenvalue weighted by Gasteiger charge is -1.81. The summed E-state index contributed by atoms with van der Waals surface area (Å²) in [6, 6.07) is 1.75. The Labute approximate surface area is 74.7 Å². The van der Waals surface area contributed by atoms with Crippen LogP contribution in [-0.4, -0.2) is 15.0 Å². The van der Waals surface area contributed by atoms with Crippen LogP contribution >= 0.6 is 0 Å². The van der Waals surface area contributed by atoms with Crippen molar-refractivity contribution in [3.63, 3.8) is 0 Å². The van der Waals surface area contributed by atoms with Crippen LogP contribution in [0.5, 0.6) is 0 Å². The third-order valence-corrected chi connectivity index (χ3v) is 1.96. The summed E-state index contributed by atoms with van der Waals surface area (Å²) < 4.78 is 0. The van der Waals surface area contributed by atoms with E-state index in [0.29, 0.717) is 11.1 Å². The summed E-state index contributed by atoms with van der Waals surface area (Å²) in [6.45, 7) is 3.59. The van der Waals surface area contributed by atoms with Crippen LogP contribution in [0, 0.1) is 13.8 Å². The average molecular weight is 175 g/mol. The van der Waals surface area contributed by atoms with Crippen molar-refractivity contribution < 1.29 is 0 Å². The molecule has 2 aromatic heterocycles. The van der Waals surface area contributed by atoms with E-state index < -0.39 is 0 Å². The van der Waals surface area contributed by atoms with Gasteiger partial charge in [0.05, 0.1) is 11.0 Å². The first-order valence-electron chi connectivity index (χ1n) is 4.01. The maximum Gasteiger partial charge on any atom is 0.274 e. The molecule has 66 valence electrons. The van der Waals surface area contributed by atoms with Crippen molar-refractivity contribution in [1.29, 1.82) is 0 Å². The van der Waals surface area contributed by atoms with E-state index in [0.717, 1.165) is 11.3 Å². The molecule has 0 aromatic carbocycles. The van der Waals surface area contributed by atoms with Gasteiger partial charge in [-0.1, -0.05) is 0 Å². The molecule has 0 saturated heterocycles. The van der Waals surface area contributed by atoms with Gasteiger partial charge in [0, 0.05) is 11.8 Å². The summed E-state index contributed by atoms with van der Waals surface area (Å²) in [5.41, 5.74) is 1.93. The van der Waals surface area contributed by atoms with Crippen molar-refractivity contribution in [3.8, 4) is 0 Å². The first-order chi connectivity index (χ1) is 6.18. The second-order valence-electron chi connectivity index (χ2n) is 2.96. The number of hydrogen-bond acceptors (Lipinski definition) is 3. The highest BCUT2D eigenvalue weighted by Crippen LogP contribution is 2.09. The molecule has 0 aliphatic rings. The number of rotatable bonds is 0. The second kappa shape index (κ2) is 2.65. The van der Waals surface area contributed by atoms with Gasteiger partial charge in [-0.05, 0) is 19.9 Å². The number of aromatic nitrogens is 3. The van der Waals surface area contributed by atoms with Crippen molar-refractivity contribution in [2.24, 2.45) is 0 Å². The predicted octanol–water partition coefficient (Wildman–Crippen LogP) is 0.935. The highest BCUT2D eigenvalue weighted by Gasteiger charge is 2.03. The van der Waals surface area contributed by atoms with Crippen LogP contribution in [0.2, 0.25) is 0 Å². The molecule has 0 unspecified atom stereocenters. The van der Waals surface area contributed by atoms with Crippen LogP contribution < -0.4 is 5.56 Å². The molecule has 0 bridgehead atoms. The topological polar surface area (TPSA) is 58.6 Å². The van der Waals surface area contributed by atoms with Crippen molar-refractivity contribution in [1.82, 2.24) is 15.0 Å². The fraction of sp³-hybridized carbons (Fsp3) is 0.222. The minimum absolute atomic E-state index is 0.221. The zero-order valence-corrected chi connectivity index (χ0v) is 7.46. The molecular formula is C9H9N3O. The summed E-state index contributed by atoms with van der Waals surface area (Å²) in [4.78, 5) is 22.3. The zero-order chi connectivity index (χ0) is 9.42. The van der Waals surface area contributed by atoms with Gasteiger partial charge in [-0.15, -0.1) is 0 Å². The molecule has 4 nitrogen and oxygen atoms in total. The lowest BCUT2D eigenvalue weighted by molar-refractivity contribution is 1.15. The largest absolute Gasteiger partial charge is 0.342 e.